The molecule has 2 heterocycles. The minimum atomic E-state index is -3.76. The molecular weight excluding hydrogens is 500 g/mol. The quantitative estimate of drug-likeness (QED) is 0.420. The summed E-state index contributed by atoms with van der Waals surface area (Å²) in [5, 5.41) is 0. The van der Waals surface area contributed by atoms with Gasteiger partial charge in [0, 0.05) is 19.6 Å². The fraction of sp³-hybridized carbons (Fsp3) is 0.333. The Balaban J connectivity index is 1.13. The maximum Gasteiger partial charge on any atom is 0.338 e. The molecule has 1 amide bonds. The zero-order chi connectivity index (χ0) is 26.5. The fourth-order valence-corrected chi connectivity index (χ4v) is 6.82. The van der Waals surface area contributed by atoms with Crippen LogP contribution in [0.3, 0.4) is 0 Å². The van der Waals surface area contributed by atoms with Crippen LogP contribution in [0.1, 0.15) is 40.7 Å². The minimum Gasteiger partial charge on any atom is -0.452 e. The van der Waals surface area contributed by atoms with Gasteiger partial charge in [0.1, 0.15) is 0 Å². The number of esters is 1. The Morgan fingerprint density at radius 3 is 2.26 bits per heavy atom. The molecule has 0 radical (unpaired) electrons. The number of fused-ring (bicyclic) bond motifs is 1. The van der Waals surface area contributed by atoms with E-state index >= 15 is 0 Å². The van der Waals surface area contributed by atoms with Crippen LogP contribution in [0.4, 0.5) is 5.69 Å². The van der Waals surface area contributed by atoms with Crippen LogP contribution >= 0.6 is 0 Å². The third-order valence-electron chi connectivity index (χ3n) is 7.41. The normalized spacial score (nSPS) is 16.1. The molecule has 0 saturated carbocycles. The van der Waals surface area contributed by atoms with Crippen LogP contribution in [0, 0.1) is 5.92 Å². The SMILES string of the molecule is O=C(OCC(=O)N1CCC(Cc2ccccc2)CC1)c1ccc(S(=O)(=O)N2CCCc3ccccc32)cc1. The van der Waals surface area contributed by atoms with Crippen LogP contribution in [-0.2, 0) is 32.4 Å². The molecule has 8 heteroatoms. The predicted octanol–water partition coefficient (Wildman–Crippen LogP) is 4.47. The van der Waals surface area contributed by atoms with Crippen LogP contribution in [0.5, 0.6) is 0 Å². The summed E-state index contributed by atoms with van der Waals surface area (Å²) >= 11 is 0. The molecule has 3 aromatic carbocycles. The van der Waals surface area contributed by atoms with Crippen molar-refractivity contribution in [2.45, 2.75) is 37.0 Å². The molecule has 198 valence electrons. The lowest BCUT2D eigenvalue weighted by Crippen LogP contribution is -2.41. The van der Waals surface area contributed by atoms with Crippen molar-refractivity contribution in [1.29, 1.82) is 0 Å². The zero-order valence-corrected chi connectivity index (χ0v) is 22.1. The molecule has 5 rings (SSSR count). The second kappa shape index (κ2) is 11.4. The van der Waals surface area contributed by atoms with E-state index in [4.69, 9.17) is 4.74 Å². The van der Waals surface area contributed by atoms with Crippen LogP contribution in [0.2, 0.25) is 0 Å². The molecule has 0 N–H and O–H groups in total. The molecule has 7 nitrogen and oxygen atoms in total. The van der Waals surface area contributed by atoms with Gasteiger partial charge in [-0.2, -0.15) is 0 Å². The van der Waals surface area contributed by atoms with Gasteiger partial charge in [-0.05, 0) is 79.5 Å². The van der Waals surface area contributed by atoms with Gasteiger partial charge in [-0.1, -0.05) is 48.5 Å². The highest BCUT2D eigenvalue weighted by Crippen LogP contribution is 2.32. The number of hydrogen-bond donors (Lipinski definition) is 0. The first-order valence-electron chi connectivity index (χ1n) is 13.1. The first-order chi connectivity index (χ1) is 18.4. The van der Waals surface area contributed by atoms with Crippen LogP contribution < -0.4 is 4.31 Å². The molecular formula is C30H32N2O5S. The monoisotopic (exact) mass is 532 g/mol. The van der Waals surface area contributed by atoms with Gasteiger partial charge in [-0.15, -0.1) is 0 Å². The number of ether oxygens (including phenoxy) is 1. The second-order valence-corrected chi connectivity index (χ2v) is 11.8. The van der Waals surface area contributed by atoms with E-state index in [2.05, 4.69) is 12.1 Å². The van der Waals surface area contributed by atoms with Crippen molar-refractivity contribution in [3.05, 3.63) is 95.6 Å². The summed E-state index contributed by atoms with van der Waals surface area (Å²) in [6.45, 7) is 1.39. The van der Waals surface area contributed by atoms with Gasteiger partial charge in [0.05, 0.1) is 16.1 Å². The highest BCUT2D eigenvalue weighted by atomic mass is 32.2. The van der Waals surface area contributed by atoms with Crippen molar-refractivity contribution in [3.8, 4) is 0 Å². The van der Waals surface area contributed by atoms with Crippen LogP contribution in [-0.4, -0.2) is 51.4 Å². The molecule has 1 fully saturated rings. The van der Waals surface area contributed by atoms with E-state index in [1.54, 1.807) is 4.90 Å². The van der Waals surface area contributed by atoms with Crippen molar-refractivity contribution < 1.29 is 22.7 Å². The Morgan fingerprint density at radius 1 is 0.842 bits per heavy atom. The summed E-state index contributed by atoms with van der Waals surface area (Å²) in [7, 11) is -3.76. The number of likely N-dealkylation sites (tertiary alicyclic amines) is 1. The predicted molar refractivity (Wildman–Crippen MR) is 145 cm³/mol. The smallest absolute Gasteiger partial charge is 0.338 e. The Hall–Kier alpha value is -3.65. The van der Waals surface area contributed by atoms with E-state index in [1.165, 1.54) is 34.1 Å². The van der Waals surface area contributed by atoms with Crippen molar-refractivity contribution >= 4 is 27.6 Å². The van der Waals surface area contributed by atoms with Crippen molar-refractivity contribution in [2.24, 2.45) is 5.92 Å². The standard InChI is InChI=1S/C30H32N2O5S/c33-29(31-19-16-24(17-20-31)21-23-7-2-1-3-8-23)22-37-30(34)26-12-14-27(15-13-26)38(35,36)32-18-6-10-25-9-4-5-11-28(25)32/h1-5,7-9,11-15,24H,6,10,16-22H2. The molecule has 0 atom stereocenters. The van der Waals surface area contributed by atoms with Gasteiger partial charge in [0.2, 0.25) is 0 Å². The summed E-state index contributed by atoms with van der Waals surface area (Å²) < 4.78 is 33.3. The van der Waals surface area contributed by atoms with Gasteiger partial charge in [-0.25, -0.2) is 13.2 Å². The van der Waals surface area contributed by atoms with Crippen LogP contribution in [0.15, 0.2) is 83.8 Å². The van der Waals surface area contributed by atoms with Gasteiger partial charge >= 0.3 is 5.97 Å². The van der Waals surface area contributed by atoms with E-state index in [9.17, 15) is 18.0 Å². The summed E-state index contributed by atoms with van der Waals surface area (Å²) in [5.41, 5.74) is 3.22. The maximum absolute atomic E-state index is 13.3. The molecule has 0 spiro atoms. The lowest BCUT2D eigenvalue weighted by molar-refractivity contribution is -0.135. The average molecular weight is 533 g/mol. The Morgan fingerprint density at radius 2 is 1.53 bits per heavy atom. The topological polar surface area (TPSA) is 84.0 Å². The molecule has 1 saturated heterocycles. The van der Waals surface area contributed by atoms with Gasteiger partial charge in [0.25, 0.3) is 15.9 Å². The van der Waals surface area contributed by atoms with E-state index in [0.29, 0.717) is 31.2 Å². The number of para-hydroxylation sites is 1. The Bertz CT molecular complexity index is 1380. The molecule has 0 unspecified atom stereocenters. The highest BCUT2D eigenvalue weighted by molar-refractivity contribution is 7.92. The number of carbonyl (C=O) groups is 2. The number of benzene rings is 3. The van der Waals surface area contributed by atoms with Crippen molar-refractivity contribution in [3.63, 3.8) is 0 Å². The number of sulfonamides is 1. The van der Waals surface area contributed by atoms with E-state index in [-0.39, 0.29) is 23.0 Å². The Labute approximate surface area is 224 Å². The first kappa shape index (κ1) is 26.0. The number of rotatable bonds is 7. The van der Waals surface area contributed by atoms with E-state index in [1.807, 2.05) is 42.5 Å². The fourth-order valence-electron chi connectivity index (χ4n) is 5.27. The number of nitrogens with zero attached hydrogens (tertiary/aromatic N) is 2. The number of carbonyl (C=O) groups excluding carboxylic acids is 2. The highest BCUT2D eigenvalue weighted by Gasteiger charge is 2.29. The number of piperidine rings is 1. The van der Waals surface area contributed by atoms with Crippen LogP contribution in [0.25, 0.3) is 0 Å². The summed E-state index contributed by atoms with van der Waals surface area (Å²) in [6.07, 6.45) is 4.45. The van der Waals surface area contributed by atoms with Gasteiger partial charge in [0.15, 0.2) is 6.61 Å². The summed E-state index contributed by atoms with van der Waals surface area (Å²) in [6, 6.07) is 23.6. The lowest BCUT2D eigenvalue weighted by Gasteiger charge is -2.32. The third kappa shape index (κ3) is 5.75. The van der Waals surface area contributed by atoms with Crippen molar-refractivity contribution in [2.75, 3.05) is 30.5 Å². The summed E-state index contributed by atoms with van der Waals surface area (Å²) in [5.74, 6) is -0.318. The molecule has 2 aliphatic heterocycles. The minimum absolute atomic E-state index is 0.111. The molecule has 0 bridgehead atoms. The molecule has 38 heavy (non-hydrogen) atoms. The number of amides is 1. The summed E-state index contributed by atoms with van der Waals surface area (Å²) in [4.78, 5) is 27.0. The Kier molecular flexibility index (Phi) is 7.79. The average Bonchev–Trinajstić information content (AvgIpc) is 2.96. The molecule has 2 aliphatic rings. The van der Waals surface area contributed by atoms with E-state index < -0.39 is 16.0 Å². The lowest BCUT2D eigenvalue weighted by atomic mass is 9.90. The molecule has 3 aromatic rings. The second-order valence-electron chi connectivity index (χ2n) is 9.92. The largest absolute Gasteiger partial charge is 0.452 e. The van der Waals surface area contributed by atoms with E-state index in [0.717, 1.165) is 37.7 Å². The van der Waals surface area contributed by atoms with Crippen molar-refractivity contribution in [1.82, 2.24) is 4.90 Å². The zero-order valence-electron chi connectivity index (χ0n) is 21.3. The third-order valence-corrected chi connectivity index (χ3v) is 9.23. The van der Waals surface area contributed by atoms with Gasteiger partial charge < -0.3 is 9.64 Å². The molecule has 0 aromatic heterocycles. The molecule has 0 aliphatic carbocycles. The maximum atomic E-state index is 13.3. The van der Waals surface area contributed by atoms with Gasteiger partial charge in [-0.3, -0.25) is 9.10 Å². The number of aryl methyl sites for hydroxylation is 1. The first-order valence-corrected chi connectivity index (χ1v) is 14.6. The number of anilines is 1. The number of hydrogen-bond acceptors (Lipinski definition) is 5.